The molecule has 1 saturated carbocycles. The number of amides is 1. The Bertz CT molecular complexity index is 640. The molecule has 2 aromatic rings. The van der Waals surface area contributed by atoms with Crippen LogP contribution in [0.15, 0.2) is 29.3 Å². The maximum Gasteiger partial charge on any atom is 0.230 e. The van der Waals surface area contributed by atoms with Gasteiger partial charge in [0.15, 0.2) is 0 Å². The lowest BCUT2D eigenvalue weighted by molar-refractivity contribution is -0.117. The zero-order chi connectivity index (χ0) is 13.4. The summed E-state index contributed by atoms with van der Waals surface area (Å²) >= 11 is 1.41. The first-order valence-electron chi connectivity index (χ1n) is 6.38. The van der Waals surface area contributed by atoms with E-state index in [1.807, 2.05) is 24.3 Å². The standard InChI is InChI=1S/C14H15N3OS/c1-8(12(15)18)19-14-10-4-2-3-5-11(10)16-13(17-14)9-6-7-9/h2-5,8-9H,6-7H2,1H3,(H2,15,18)/t8-/m1/s1. The Morgan fingerprint density at radius 1 is 1.37 bits per heavy atom. The van der Waals surface area contributed by atoms with Gasteiger partial charge in [0, 0.05) is 11.3 Å². The van der Waals surface area contributed by atoms with Crippen molar-refractivity contribution in [3.05, 3.63) is 30.1 Å². The Kier molecular flexibility index (Phi) is 3.14. The number of fused-ring (bicyclic) bond motifs is 1. The van der Waals surface area contributed by atoms with Gasteiger partial charge in [-0.3, -0.25) is 4.79 Å². The van der Waals surface area contributed by atoms with Crippen LogP contribution in [-0.2, 0) is 4.79 Å². The van der Waals surface area contributed by atoms with Gasteiger partial charge in [-0.15, -0.1) is 0 Å². The van der Waals surface area contributed by atoms with Gasteiger partial charge in [-0.25, -0.2) is 9.97 Å². The molecule has 0 bridgehead atoms. The van der Waals surface area contributed by atoms with Gasteiger partial charge in [0.1, 0.15) is 10.9 Å². The lowest BCUT2D eigenvalue weighted by Crippen LogP contribution is -2.22. The van der Waals surface area contributed by atoms with Crippen LogP contribution in [0, 0.1) is 0 Å². The van der Waals surface area contributed by atoms with Crippen molar-refractivity contribution in [2.45, 2.75) is 36.0 Å². The minimum absolute atomic E-state index is 0.287. The van der Waals surface area contributed by atoms with Crippen molar-refractivity contribution < 1.29 is 4.79 Å². The van der Waals surface area contributed by atoms with E-state index in [-0.39, 0.29) is 11.2 Å². The van der Waals surface area contributed by atoms with Crippen LogP contribution in [0.2, 0.25) is 0 Å². The molecule has 1 aliphatic rings. The van der Waals surface area contributed by atoms with Gasteiger partial charge in [-0.2, -0.15) is 0 Å². The molecule has 3 rings (SSSR count). The monoisotopic (exact) mass is 273 g/mol. The van der Waals surface area contributed by atoms with Crippen molar-refractivity contribution in [1.82, 2.24) is 9.97 Å². The number of hydrogen-bond acceptors (Lipinski definition) is 4. The Morgan fingerprint density at radius 3 is 2.79 bits per heavy atom. The summed E-state index contributed by atoms with van der Waals surface area (Å²) < 4.78 is 0. The van der Waals surface area contributed by atoms with Gasteiger partial charge in [0.25, 0.3) is 0 Å². The number of nitrogens with two attached hydrogens (primary N) is 1. The van der Waals surface area contributed by atoms with E-state index in [0.717, 1.165) is 34.6 Å². The largest absolute Gasteiger partial charge is 0.369 e. The van der Waals surface area contributed by atoms with E-state index in [9.17, 15) is 4.79 Å². The van der Waals surface area contributed by atoms with Gasteiger partial charge < -0.3 is 5.73 Å². The molecule has 1 amide bonds. The fraction of sp³-hybridized carbons (Fsp3) is 0.357. The minimum Gasteiger partial charge on any atom is -0.369 e. The number of thioether (sulfide) groups is 1. The highest BCUT2D eigenvalue weighted by Gasteiger charge is 2.28. The normalized spacial score (nSPS) is 16.5. The Balaban J connectivity index is 2.06. The Hall–Kier alpha value is -1.62. The third kappa shape index (κ3) is 2.56. The third-order valence-electron chi connectivity index (χ3n) is 3.22. The first-order valence-corrected chi connectivity index (χ1v) is 7.26. The highest BCUT2D eigenvalue weighted by Crippen LogP contribution is 2.40. The van der Waals surface area contributed by atoms with Crippen LogP contribution in [0.25, 0.3) is 10.9 Å². The van der Waals surface area contributed by atoms with Crippen LogP contribution in [0.5, 0.6) is 0 Å². The molecule has 5 heteroatoms. The average molecular weight is 273 g/mol. The van der Waals surface area contributed by atoms with Gasteiger partial charge in [0.05, 0.1) is 10.8 Å². The second-order valence-electron chi connectivity index (χ2n) is 4.84. The molecule has 1 aromatic heterocycles. The number of benzene rings is 1. The fourth-order valence-corrected chi connectivity index (χ4v) is 2.80. The second-order valence-corrected chi connectivity index (χ2v) is 6.17. The summed E-state index contributed by atoms with van der Waals surface area (Å²) in [5.74, 6) is 1.08. The summed E-state index contributed by atoms with van der Waals surface area (Å²) in [4.78, 5) is 20.5. The number of rotatable bonds is 4. The fourth-order valence-electron chi connectivity index (χ4n) is 1.90. The first-order chi connectivity index (χ1) is 9.15. The predicted octanol–water partition coefficient (Wildman–Crippen LogP) is 2.47. The summed E-state index contributed by atoms with van der Waals surface area (Å²) in [6.07, 6.45) is 2.32. The quantitative estimate of drug-likeness (QED) is 0.686. The maximum atomic E-state index is 11.2. The molecule has 0 unspecified atom stereocenters. The molecule has 1 aliphatic carbocycles. The topological polar surface area (TPSA) is 68.9 Å². The van der Waals surface area contributed by atoms with E-state index in [0.29, 0.717) is 5.92 Å². The molecule has 0 saturated heterocycles. The molecule has 4 nitrogen and oxygen atoms in total. The molecule has 0 radical (unpaired) electrons. The van der Waals surface area contributed by atoms with Crippen molar-refractivity contribution in [2.24, 2.45) is 5.73 Å². The van der Waals surface area contributed by atoms with Crippen molar-refractivity contribution in [3.8, 4) is 0 Å². The van der Waals surface area contributed by atoms with Crippen molar-refractivity contribution in [2.75, 3.05) is 0 Å². The van der Waals surface area contributed by atoms with Gasteiger partial charge in [-0.05, 0) is 25.8 Å². The van der Waals surface area contributed by atoms with Gasteiger partial charge >= 0.3 is 0 Å². The van der Waals surface area contributed by atoms with E-state index < -0.39 is 0 Å². The molecule has 0 aliphatic heterocycles. The summed E-state index contributed by atoms with van der Waals surface area (Å²) in [5.41, 5.74) is 6.28. The number of carbonyl (C=O) groups is 1. The van der Waals surface area contributed by atoms with Gasteiger partial charge in [-0.1, -0.05) is 30.0 Å². The molecular weight excluding hydrogens is 258 g/mol. The molecule has 98 valence electrons. The molecule has 0 spiro atoms. The van der Waals surface area contributed by atoms with Crippen LogP contribution >= 0.6 is 11.8 Å². The van der Waals surface area contributed by atoms with E-state index in [2.05, 4.69) is 9.97 Å². The predicted molar refractivity (Wildman–Crippen MR) is 76.0 cm³/mol. The molecular formula is C14H15N3OS. The lowest BCUT2D eigenvalue weighted by Gasteiger charge is -2.10. The van der Waals surface area contributed by atoms with Crippen molar-refractivity contribution in [1.29, 1.82) is 0 Å². The summed E-state index contributed by atoms with van der Waals surface area (Å²) in [5, 5.41) is 1.56. The van der Waals surface area contributed by atoms with Crippen LogP contribution < -0.4 is 5.73 Å². The SMILES string of the molecule is C[C@@H](Sc1nc(C2CC2)nc2ccccc12)C(N)=O. The number of aromatic nitrogens is 2. The molecule has 2 N–H and O–H groups in total. The number of primary amides is 1. The smallest absolute Gasteiger partial charge is 0.230 e. The van der Waals surface area contributed by atoms with E-state index in [1.165, 1.54) is 11.8 Å². The highest BCUT2D eigenvalue weighted by atomic mass is 32.2. The number of hydrogen-bond donors (Lipinski definition) is 1. The van der Waals surface area contributed by atoms with E-state index >= 15 is 0 Å². The number of carbonyl (C=O) groups excluding carboxylic acids is 1. The zero-order valence-electron chi connectivity index (χ0n) is 10.7. The maximum absolute atomic E-state index is 11.2. The lowest BCUT2D eigenvalue weighted by atomic mass is 10.2. The highest BCUT2D eigenvalue weighted by molar-refractivity contribution is 8.00. The molecule has 1 atom stereocenters. The summed E-state index contributed by atoms with van der Waals surface area (Å²) in [7, 11) is 0. The van der Waals surface area contributed by atoms with Crippen LogP contribution in [0.1, 0.15) is 31.5 Å². The third-order valence-corrected chi connectivity index (χ3v) is 4.34. The summed E-state index contributed by atoms with van der Waals surface area (Å²) in [6, 6.07) is 7.91. The first kappa shape index (κ1) is 12.4. The molecule has 1 aromatic carbocycles. The van der Waals surface area contributed by atoms with E-state index in [4.69, 9.17) is 5.73 Å². The number of para-hydroxylation sites is 1. The van der Waals surface area contributed by atoms with Crippen molar-refractivity contribution >= 4 is 28.6 Å². The Labute approximate surface area is 115 Å². The molecule has 1 fully saturated rings. The second kappa shape index (κ2) is 4.81. The molecule has 19 heavy (non-hydrogen) atoms. The summed E-state index contributed by atoms with van der Waals surface area (Å²) in [6.45, 7) is 1.81. The minimum atomic E-state index is -0.319. The number of nitrogens with zero attached hydrogens (tertiary/aromatic N) is 2. The molecule has 1 heterocycles. The van der Waals surface area contributed by atoms with Crippen molar-refractivity contribution in [3.63, 3.8) is 0 Å². The van der Waals surface area contributed by atoms with E-state index in [1.54, 1.807) is 6.92 Å². The van der Waals surface area contributed by atoms with Crippen LogP contribution in [-0.4, -0.2) is 21.1 Å². The zero-order valence-corrected chi connectivity index (χ0v) is 11.5. The Morgan fingerprint density at radius 2 is 2.11 bits per heavy atom. The average Bonchev–Trinajstić information content (AvgIpc) is 3.22. The van der Waals surface area contributed by atoms with Crippen LogP contribution in [0.3, 0.4) is 0 Å². The van der Waals surface area contributed by atoms with Gasteiger partial charge in [0.2, 0.25) is 5.91 Å². The van der Waals surface area contributed by atoms with Crippen LogP contribution in [0.4, 0.5) is 0 Å².